The van der Waals surface area contributed by atoms with E-state index < -0.39 is 0 Å². The molecule has 1 aromatic heterocycles. The molecule has 4 rings (SSSR count). The lowest BCUT2D eigenvalue weighted by Gasteiger charge is -2.27. The van der Waals surface area contributed by atoms with Crippen molar-refractivity contribution in [3.63, 3.8) is 0 Å². The van der Waals surface area contributed by atoms with Crippen molar-refractivity contribution in [2.24, 2.45) is 0 Å². The van der Waals surface area contributed by atoms with E-state index in [4.69, 9.17) is 4.52 Å². The van der Waals surface area contributed by atoms with Gasteiger partial charge in [0.25, 0.3) is 0 Å². The number of hydrogen-bond donors (Lipinski definition) is 1. The molecule has 2 saturated heterocycles. The maximum Gasteiger partial charge on any atom is 0.344 e. The molecular weight excluding hydrogens is 272 g/mol. The minimum Gasteiger partial charge on any atom is -0.339 e. The first-order valence-corrected chi connectivity index (χ1v) is 7.86. The van der Waals surface area contributed by atoms with Gasteiger partial charge in [0, 0.05) is 12.5 Å². The number of piperidine rings is 1. The summed E-state index contributed by atoms with van der Waals surface area (Å²) in [6, 6.07) is -0.586. The quantitative estimate of drug-likeness (QED) is 0.846. The molecule has 0 spiro atoms. The number of fused-ring (bicyclic) bond motifs is 2. The van der Waals surface area contributed by atoms with E-state index in [-0.39, 0.29) is 18.1 Å². The van der Waals surface area contributed by atoms with Crippen LogP contribution < -0.4 is 0 Å². The van der Waals surface area contributed by atoms with Crippen LogP contribution in [0.4, 0.5) is 4.79 Å². The Hall–Kier alpha value is -1.63. The summed E-state index contributed by atoms with van der Waals surface area (Å²) in [5.41, 5.74) is 0. The molecule has 3 heterocycles. The van der Waals surface area contributed by atoms with Gasteiger partial charge in [-0.1, -0.05) is 24.4 Å². The monoisotopic (exact) mass is 292 g/mol. The number of aromatic nitrogens is 2. The molecule has 2 aliphatic heterocycles. The van der Waals surface area contributed by atoms with Crippen LogP contribution in [0.5, 0.6) is 0 Å². The van der Waals surface area contributed by atoms with Gasteiger partial charge in [0.05, 0.1) is 12.1 Å². The third-order valence-corrected chi connectivity index (χ3v) is 5.05. The van der Waals surface area contributed by atoms with Crippen molar-refractivity contribution in [1.82, 2.24) is 20.1 Å². The lowest BCUT2D eigenvalue weighted by Crippen LogP contribution is -2.34. The summed E-state index contributed by atoms with van der Waals surface area (Å²) in [6.45, 7) is 0.549. The summed E-state index contributed by atoms with van der Waals surface area (Å²) >= 11 is 0. The van der Waals surface area contributed by atoms with Crippen molar-refractivity contribution in [1.29, 1.82) is 0 Å². The van der Waals surface area contributed by atoms with Crippen LogP contribution >= 0.6 is 0 Å². The molecule has 3 aliphatic rings. The van der Waals surface area contributed by atoms with E-state index in [1.165, 1.54) is 19.3 Å². The molecule has 2 amide bonds. The molecule has 7 nitrogen and oxygen atoms in total. The third kappa shape index (κ3) is 2.10. The van der Waals surface area contributed by atoms with Crippen LogP contribution in [0, 0.1) is 0 Å². The highest BCUT2D eigenvalue weighted by molar-refractivity contribution is 5.76. The lowest BCUT2D eigenvalue weighted by molar-refractivity contribution is -0.0584. The van der Waals surface area contributed by atoms with Crippen LogP contribution in [-0.4, -0.2) is 43.9 Å². The van der Waals surface area contributed by atoms with Crippen molar-refractivity contribution in [2.75, 3.05) is 6.54 Å². The summed E-state index contributed by atoms with van der Waals surface area (Å²) in [5.74, 6) is 1.69. The van der Waals surface area contributed by atoms with Crippen LogP contribution in [0.3, 0.4) is 0 Å². The fourth-order valence-corrected chi connectivity index (χ4v) is 3.82. The van der Waals surface area contributed by atoms with E-state index in [9.17, 15) is 10.0 Å². The van der Waals surface area contributed by atoms with Crippen molar-refractivity contribution in [3.8, 4) is 0 Å². The predicted molar refractivity (Wildman–Crippen MR) is 71.6 cm³/mol. The van der Waals surface area contributed by atoms with Gasteiger partial charge in [0.1, 0.15) is 0 Å². The van der Waals surface area contributed by atoms with Crippen LogP contribution in [0.25, 0.3) is 0 Å². The Morgan fingerprint density at radius 2 is 1.95 bits per heavy atom. The number of amides is 2. The number of nitrogens with zero attached hydrogens (tertiary/aromatic N) is 4. The Kier molecular flexibility index (Phi) is 3.10. The fourth-order valence-electron chi connectivity index (χ4n) is 3.82. The van der Waals surface area contributed by atoms with E-state index in [0.717, 1.165) is 36.6 Å². The normalized spacial score (nSPS) is 30.2. The van der Waals surface area contributed by atoms with E-state index >= 15 is 0 Å². The number of urea groups is 1. The van der Waals surface area contributed by atoms with Gasteiger partial charge in [-0.25, -0.2) is 9.86 Å². The molecule has 1 N–H and O–H groups in total. The van der Waals surface area contributed by atoms with Crippen LogP contribution in [0.15, 0.2) is 4.52 Å². The summed E-state index contributed by atoms with van der Waals surface area (Å²) in [5, 5.41) is 14.7. The standard InChI is InChI=1S/C14H20N4O3/c19-14-17-8-10(18(14)20)6-7-11(17)12-15-13(21-16-12)9-4-2-1-3-5-9/h9-11,20H,1-8H2/t10-,11+/m1/s1. The van der Waals surface area contributed by atoms with Crippen LogP contribution in [0.2, 0.25) is 0 Å². The summed E-state index contributed by atoms with van der Waals surface area (Å²) in [4.78, 5) is 18.2. The number of hydrogen-bond acceptors (Lipinski definition) is 5. The summed E-state index contributed by atoms with van der Waals surface area (Å²) in [7, 11) is 0. The second-order valence-electron chi connectivity index (χ2n) is 6.35. The van der Waals surface area contributed by atoms with Crippen molar-refractivity contribution >= 4 is 6.03 Å². The van der Waals surface area contributed by atoms with Crippen molar-refractivity contribution in [2.45, 2.75) is 62.9 Å². The minimum atomic E-state index is -0.341. The van der Waals surface area contributed by atoms with Gasteiger partial charge in [0.15, 0.2) is 5.82 Å². The first kappa shape index (κ1) is 13.1. The molecule has 0 unspecified atom stereocenters. The first-order valence-electron chi connectivity index (χ1n) is 7.86. The van der Waals surface area contributed by atoms with Gasteiger partial charge >= 0.3 is 6.03 Å². The van der Waals surface area contributed by atoms with Gasteiger partial charge in [-0.2, -0.15) is 4.98 Å². The molecular formula is C14H20N4O3. The molecule has 2 atom stereocenters. The highest BCUT2D eigenvalue weighted by Gasteiger charge is 2.46. The van der Waals surface area contributed by atoms with Gasteiger partial charge in [-0.15, -0.1) is 0 Å². The second kappa shape index (κ2) is 4.98. The van der Waals surface area contributed by atoms with E-state index in [1.54, 1.807) is 4.90 Å². The van der Waals surface area contributed by atoms with Gasteiger partial charge in [-0.3, -0.25) is 5.21 Å². The van der Waals surface area contributed by atoms with Crippen molar-refractivity contribution in [3.05, 3.63) is 11.7 Å². The first-order chi connectivity index (χ1) is 10.2. The summed E-state index contributed by atoms with van der Waals surface area (Å²) in [6.07, 6.45) is 7.50. The number of carbonyl (C=O) groups excluding carboxylic acids is 1. The second-order valence-corrected chi connectivity index (χ2v) is 6.35. The van der Waals surface area contributed by atoms with Crippen molar-refractivity contribution < 1.29 is 14.5 Å². The minimum absolute atomic E-state index is 0.0848. The molecule has 1 aliphatic carbocycles. The lowest BCUT2D eigenvalue weighted by atomic mass is 9.89. The Labute approximate surface area is 122 Å². The zero-order chi connectivity index (χ0) is 14.4. The molecule has 1 aromatic rings. The van der Waals surface area contributed by atoms with Gasteiger partial charge in [-0.05, 0) is 25.7 Å². The maximum absolute atomic E-state index is 12.0. The average Bonchev–Trinajstić information content (AvgIpc) is 3.10. The SMILES string of the molecule is O=C1N(O)[C@@H]2CC[C@@H](c3noc(C4CCCCC4)n3)N1C2. The van der Waals surface area contributed by atoms with E-state index in [1.807, 2.05) is 0 Å². The Balaban J connectivity index is 1.54. The van der Waals surface area contributed by atoms with E-state index in [2.05, 4.69) is 10.1 Å². The van der Waals surface area contributed by atoms with Gasteiger partial charge < -0.3 is 9.42 Å². The number of rotatable bonds is 2. The highest BCUT2D eigenvalue weighted by Crippen LogP contribution is 2.38. The predicted octanol–water partition coefficient (Wildman–Crippen LogP) is 2.45. The van der Waals surface area contributed by atoms with Gasteiger partial charge in [0.2, 0.25) is 5.89 Å². The van der Waals surface area contributed by atoms with Crippen LogP contribution in [-0.2, 0) is 0 Å². The molecule has 2 bridgehead atoms. The van der Waals surface area contributed by atoms with Crippen LogP contribution in [0.1, 0.15) is 68.6 Å². The molecule has 114 valence electrons. The van der Waals surface area contributed by atoms with E-state index in [0.29, 0.717) is 18.3 Å². The fraction of sp³-hybridized carbons (Fsp3) is 0.786. The Bertz CT molecular complexity index is 540. The highest BCUT2D eigenvalue weighted by atomic mass is 16.5. The zero-order valence-corrected chi connectivity index (χ0v) is 11.9. The molecule has 0 radical (unpaired) electrons. The number of carbonyl (C=O) groups is 1. The Morgan fingerprint density at radius 3 is 2.76 bits per heavy atom. The molecule has 3 fully saturated rings. The number of hydroxylamine groups is 2. The average molecular weight is 292 g/mol. The molecule has 21 heavy (non-hydrogen) atoms. The Morgan fingerprint density at radius 1 is 1.14 bits per heavy atom. The zero-order valence-electron chi connectivity index (χ0n) is 11.9. The smallest absolute Gasteiger partial charge is 0.339 e. The molecule has 1 saturated carbocycles. The topological polar surface area (TPSA) is 82.7 Å². The maximum atomic E-state index is 12.0. The summed E-state index contributed by atoms with van der Waals surface area (Å²) < 4.78 is 5.45. The molecule has 7 heteroatoms. The molecule has 0 aromatic carbocycles. The third-order valence-electron chi connectivity index (χ3n) is 5.05. The largest absolute Gasteiger partial charge is 0.344 e.